The van der Waals surface area contributed by atoms with E-state index in [2.05, 4.69) is 34.6 Å². The fraction of sp³-hybridized carbons (Fsp3) is 0.533. The number of amides is 1. The molecule has 0 bridgehead atoms. The van der Waals surface area contributed by atoms with Crippen molar-refractivity contribution in [3.8, 4) is 12.1 Å². The molecule has 42 heavy (non-hydrogen) atoms. The third kappa shape index (κ3) is 7.70. The van der Waals surface area contributed by atoms with E-state index >= 15 is 0 Å². The van der Waals surface area contributed by atoms with Crippen LogP contribution in [0.4, 0.5) is 24.7 Å². The number of carbonyl (C=O) groups is 1. The summed E-state index contributed by atoms with van der Waals surface area (Å²) in [6.07, 6.45) is -0.530. The van der Waals surface area contributed by atoms with E-state index in [1.54, 1.807) is 23.1 Å². The summed E-state index contributed by atoms with van der Waals surface area (Å²) in [7, 11) is 3.64. The average Bonchev–Trinajstić information content (AvgIpc) is 3.46. The van der Waals surface area contributed by atoms with Gasteiger partial charge in [-0.3, -0.25) is 4.79 Å². The monoisotopic (exact) mass is 585 g/mol. The van der Waals surface area contributed by atoms with E-state index in [1.807, 2.05) is 9.80 Å². The zero-order valence-corrected chi connectivity index (χ0v) is 24.2. The van der Waals surface area contributed by atoms with E-state index in [1.165, 1.54) is 45.2 Å². The molecule has 1 unspecified atom stereocenters. The summed E-state index contributed by atoms with van der Waals surface area (Å²) in [4.78, 5) is 29.3. The van der Waals surface area contributed by atoms with Crippen molar-refractivity contribution in [2.45, 2.75) is 50.9 Å². The molecule has 2 aromatic rings. The summed E-state index contributed by atoms with van der Waals surface area (Å²) in [6, 6.07) is 8.54. The van der Waals surface area contributed by atoms with E-state index in [9.17, 15) is 23.2 Å². The molecule has 4 heterocycles. The van der Waals surface area contributed by atoms with Gasteiger partial charge in [0.25, 0.3) is 0 Å². The first-order valence-corrected chi connectivity index (χ1v) is 14.2. The van der Waals surface area contributed by atoms with Gasteiger partial charge in [0.05, 0.1) is 44.3 Å². The Bertz CT molecular complexity index is 1290. The van der Waals surface area contributed by atoms with E-state index in [0.717, 1.165) is 5.56 Å². The quantitative estimate of drug-likeness (QED) is 0.471. The Morgan fingerprint density at radius 3 is 2.50 bits per heavy atom. The summed E-state index contributed by atoms with van der Waals surface area (Å²) in [5.74, 6) is 0.457. The number of methoxy groups -OCH3 is 1. The molecular formula is C30H38F3N7O2. The van der Waals surface area contributed by atoms with Crippen LogP contribution in [0.25, 0.3) is 0 Å². The van der Waals surface area contributed by atoms with Crippen molar-refractivity contribution in [1.82, 2.24) is 19.8 Å². The fourth-order valence-electron chi connectivity index (χ4n) is 5.74. The number of hydrogen-bond donors (Lipinski definition) is 0. The van der Waals surface area contributed by atoms with Crippen LogP contribution in [0.1, 0.15) is 36.1 Å². The van der Waals surface area contributed by atoms with Gasteiger partial charge in [0.1, 0.15) is 5.82 Å². The molecule has 2 saturated heterocycles. The van der Waals surface area contributed by atoms with Gasteiger partial charge < -0.3 is 24.3 Å². The lowest BCUT2D eigenvalue weighted by Gasteiger charge is -2.42. The number of piperazine rings is 1. The molecule has 0 radical (unpaired) electrons. The second kappa shape index (κ2) is 13.9. The van der Waals surface area contributed by atoms with Gasteiger partial charge in [0.2, 0.25) is 5.91 Å². The normalized spacial score (nSPS) is 19.0. The molecule has 2 fully saturated rings. The number of halogens is 3. The Kier molecular flexibility index (Phi) is 10.3. The van der Waals surface area contributed by atoms with Gasteiger partial charge in [-0.1, -0.05) is 24.8 Å². The molecular weight excluding hydrogens is 547 g/mol. The number of alkyl halides is 3. The molecule has 1 amide bonds. The Balaban J connectivity index is 0.000000600. The van der Waals surface area contributed by atoms with Crippen LogP contribution in [-0.2, 0) is 24.2 Å². The minimum Gasteiger partial charge on any atom is -0.467 e. The third-order valence-corrected chi connectivity index (χ3v) is 7.83. The number of nitriles is 1. The summed E-state index contributed by atoms with van der Waals surface area (Å²) in [5, 5.41) is 9.30. The molecule has 5 rings (SSSR count). The molecule has 0 aliphatic carbocycles. The first-order valence-electron chi connectivity index (χ1n) is 14.2. The number of anilines is 2. The number of ether oxygens (including phenoxy) is 1. The highest BCUT2D eigenvalue weighted by atomic mass is 19.4. The molecule has 1 aromatic heterocycles. The summed E-state index contributed by atoms with van der Waals surface area (Å²) < 4.78 is 44.8. The summed E-state index contributed by atoms with van der Waals surface area (Å²) in [5.41, 5.74) is 2.34. The molecule has 3 aliphatic heterocycles. The Labute approximate surface area is 245 Å². The van der Waals surface area contributed by atoms with Crippen molar-refractivity contribution in [2.24, 2.45) is 0 Å². The molecule has 0 N–H and O–H groups in total. The Hall–Kier alpha value is -3.85. The minimum absolute atomic E-state index is 0.163. The summed E-state index contributed by atoms with van der Waals surface area (Å²) >= 11 is 0. The second-order valence-electron chi connectivity index (χ2n) is 10.8. The Morgan fingerprint density at radius 2 is 1.88 bits per heavy atom. The smallest absolute Gasteiger partial charge is 0.393 e. The SMILES string of the molecule is C=CC(=O)N1CCN(c2nc(OC)nc3c2CCN(c2ccccc2CC(F)(F)F)C3)CC1CC#N.CN1CCCC1. The molecule has 12 heteroatoms. The lowest BCUT2D eigenvalue weighted by atomic mass is 10.0. The first kappa shape index (κ1) is 31.1. The third-order valence-electron chi connectivity index (χ3n) is 7.83. The fourth-order valence-corrected chi connectivity index (χ4v) is 5.74. The lowest BCUT2D eigenvalue weighted by molar-refractivity contribution is -0.129. The van der Waals surface area contributed by atoms with Crippen LogP contribution in [-0.4, -0.2) is 91.3 Å². The maximum Gasteiger partial charge on any atom is 0.393 e. The van der Waals surface area contributed by atoms with Crippen LogP contribution < -0.4 is 14.5 Å². The molecule has 0 saturated carbocycles. The average molecular weight is 586 g/mol. The van der Waals surface area contributed by atoms with E-state index < -0.39 is 12.6 Å². The van der Waals surface area contributed by atoms with E-state index in [0.29, 0.717) is 56.3 Å². The highest BCUT2D eigenvalue weighted by Gasteiger charge is 2.34. The number of benzene rings is 1. The Morgan fingerprint density at radius 1 is 1.14 bits per heavy atom. The standard InChI is InChI=1S/C25H27F3N6O2.C5H11N/c1-3-22(35)34-13-12-33(15-18(34)8-10-29)23-19-9-11-32(16-20(19)30-24(31-23)36-2)21-7-5-4-6-17(21)14-25(26,27)28;1-6-4-2-3-5-6/h3-7,18H,1,8-9,11-16H2,2H3;2-5H2,1H3. The van der Waals surface area contributed by atoms with Crippen LogP contribution in [0.3, 0.4) is 0 Å². The van der Waals surface area contributed by atoms with Crippen LogP contribution in [0.15, 0.2) is 36.9 Å². The summed E-state index contributed by atoms with van der Waals surface area (Å²) in [6.45, 7) is 8.34. The minimum atomic E-state index is -4.31. The van der Waals surface area contributed by atoms with Crippen molar-refractivity contribution >= 4 is 17.4 Å². The number of hydrogen-bond acceptors (Lipinski definition) is 8. The molecule has 0 spiro atoms. The number of para-hydroxylation sites is 1. The van der Waals surface area contributed by atoms with Crippen molar-refractivity contribution < 1.29 is 22.7 Å². The maximum absolute atomic E-state index is 13.2. The highest BCUT2D eigenvalue weighted by molar-refractivity contribution is 5.87. The van der Waals surface area contributed by atoms with Crippen molar-refractivity contribution in [1.29, 1.82) is 5.26 Å². The van der Waals surface area contributed by atoms with Gasteiger partial charge in [-0.25, -0.2) is 0 Å². The topological polar surface area (TPSA) is 88.8 Å². The van der Waals surface area contributed by atoms with Gasteiger partial charge in [-0.15, -0.1) is 0 Å². The van der Waals surface area contributed by atoms with Gasteiger partial charge in [-0.05, 0) is 57.1 Å². The predicted octanol–water partition coefficient (Wildman–Crippen LogP) is 3.98. The predicted molar refractivity (Wildman–Crippen MR) is 154 cm³/mol. The largest absolute Gasteiger partial charge is 0.467 e. The van der Waals surface area contributed by atoms with Gasteiger partial charge in [0, 0.05) is 37.4 Å². The van der Waals surface area contributed by atoms with Crippen molar-refractivity contribution in [2.75, 3.05) is 63.2 Å². The molecule has 9 nitrogen and oxygen atoms in total. The molecule has 1 aromatic carbocycles. The highest BCUT2D eigenvalue weighted by Crippen LogP contribution is 2.35. The van der Waals surface area contributed by atoms with Gasteiger partial charge in [-0.2, -0.15) is 28.4 Å². The van der Waals surface area contributed by atoms with Gasteiger partial charge in [0.15, 0.2) is 0 Å². The molecule has 226 valence electrons. The van der Waals surface area contributed by atoms with Crippen LogP contribution in [0.2, 0.25) is 0 Å². The van der Waals surface area contributed by atoms with Crippen LogP contribution >= 0.6 is 0 Å². The maximum atomic E-state index is 13.2. The number of fused-ring (bicyclic) bond motifs is 1. The first-order chi connectivity index (χ1) is 20.1. The second-order valence-corrected chi connectivity index (χ2v) is 10.8. The number of aromatic nitrogens is 2. The number of likely N-dealkylation sites (tertiary alicyclic amines) is 1. The lowest BCUT2D eigenvalue weighted by Crippen LogP contribution is -2.55. The molecule has 1 atom stereocenters. The zero-order valence-electron chi connectivity index (χ0n) is 24.2. The van der Waals surface area contributed by atoms with E-state index in [-0.39, 0.29) is 29.9 Å². The van der Waals surface area contributed by atoms with Crippen molar-refractivity contribution in [3.05, 3.63) is 53.7 Å². The number of nitrogens with zero attached hydrogens (tertiary/aromatic N) is 7. The number of rotatable bonds is 6. The van der Waals surface area contributed by atoms with Crippen LogP contribution in [0, 0.1) is 11.3 Å². The molecule has 3 aliphatic rings. The zero-order chi connectivity index (χ0) is 30.3. The van der Waals surface area contributed by atoms with Gasteiger partial charge >= 0.3 is 12.2 Å². The van der Waals surface area contributed by atoms with E-state index in [4.69, 9.17) is 4.74 Å². The number of carbonyl (C=O) groups excluding carboxylic acids is 1. The van der Waals surface area contributed by atoms with Crippen molar-refractivity contribution in [3.63, 3.8) is 0 Å². The van der Waals surface area contributed by atoms with Crippen LogP contribution in [0.5, 0.6) is 6.01 Å².